The van der Waals surface area contributed by atoms with Gasteiger partial charge >= 0.3 is 27.7 Å². The topological polar surface area (TPSA) is 80.3 Å². The molecule has 216 valence electrons. The Morgan fingerprint density at radius 2 is 0.514 bits per heavy atom. The number of rotatable bonds is 28. The molecule has 0 N–H and O–H groups in total. The average molecular weight is 711 g/mol. The number of carbonyl (C=O) groups is 2. The van der Waals surface area contributed by atoms with Crippen molar-refractivity contribution >= 4 is 11.9 Å². The molecule has 0 atom stereocenters. The van der Waals surface area contributed by atoms with Crippen molar-refractivity contribution in [2.45, 2.75) is 194 Å². The van der Waals surface area contributed by atoms with Gasteiger partial charge in [0, 0.05) is 11.9 Å². The van der Waals surface area contributed by atoms with Gasteiger partial charge in [-0.2, -0.15) is 0 Å². The number of carbonyl (C=O) groups excluding carboxylic acids is 2. The summed E-state index contributed by atoms with van der Waals surface area (Å²) in [6.07, 6.45) is 33.9. The molecule has 0 aliphatic heterocycles. The molecule has 0 fully saturated rings. The zero-order valence-corrected chi connectivity index (χ0v) is 30.6. The van der Waals surface area contributed by atoms with Gasteiger partial charge in [0.05, 0.1) is 0 Å². The normalized spacial score (nSPS) is 10.4. The van der Waals surface area contributed by atoms with Crippen LogP contribution in [0.15, 0.2) is 0 Å². The Morgan fingerprint density at radius 1 is 0.351 bits per heavy atom. The van der Waals surface area contributed by atoms with E-state index in [0.717, 1.165) is 25.7 Å². The Kier molecular flexibility index (Phi) is 42.5. The average Bonchev–Trinajstić information content (AvgIpc) is 2.85. The van der Waals surface area contributed by atoms with E-state index in [9.17, 15) is 19.8 Å². The van der Waals surface area contributed by atoms with Crippen LogP contribution < -0.4 is 10.2 Å². The van der Waals surface area contributed by atoms with Crippen molar-refractivity contribution in [2.24, 2.45) is 0 Å². The second-order valence-electron chi connectivity index (χ2n) is 10.7. The van der Waals surface area contributed by atoms with Crippen LogP contribution in [0.5, 0.6) is 0 Å². The van der Waals surface area contributed by atoms with Crippen LogP contribution in [0.2, 0.25) is 0 Å². The molecule has 0 saturated carbocycles. The van der Waals surface area contributed by atoms with Crippen molar-refractivity contribution in [1.82, 2.24) is 0 Å². The molecule has 0 aromatic rings. The fourth-order valence-electron chi connectivity index (χ4n) is 4.57. The summed E-state index contributed by atoms with van der Waals surface area (Å²) in [5.41, 5.74) is 0. The molecule has 0 heterocycles. The molecule has 0 bridgehead atoms. The van der Waals surface area contributed by atoms with E-state index in [-0.39, 0.29) is 40.5 Å². The van der Waals surface area contributed by atoms with Crippen molar-refractivity contribution in [2.75, 3.05) is 0 Å². The fraction of sp³-hybridized carbons (Fsp3) is 0.938. The summed E-state index contributed by atoms with van der Waals surface area (Å²) >= 11 is 0. The van der Waals surface area contributed by atoms with E-state index < -0.39 is 11.9 Å². The van der Waals surface area contributed by atoms with Gasteiger partial charge in [-0.25, -0.2) is 0 Å². The van der Waals surface area contributed by atoms with Crippen LogP contribution in [0, 0.1) is 0 Å². The van der Waals surface area contributed by atoms with Gasteiger partial charge < -0.3 is 19.8 Å². The van der Waals surface area contributed by atoms with Crippen molar-refractivity contribution in [1.29, 1.82) is 0 Å². The van der Waals surface area contributed by atoms with Crippen LogP contribution in [0.1, 0.15) is 194 Å². The fourth-order valence-corrected chi connectivity index (χ4v) is 4.57. The molecule has 0 radical (unpaired) electrons. The Labute approximate surface area is 252 Å². The zero-order chi connectivity index (χ0) is 27.0. The summed E-state index contributed by atoms with van der Waals surface area (Å²) in [5, 5.41) is 20.4. The van der Waals surface area contributed by atoms with Gasteiger partial charge in [0.2, 0.25) is 0 Å². The van der Waals surface area contributed by atoms with Crippen LogP contribution in [0.4, 0.5) is 0 Å². The molecule has 4 nitrogen and oxygen atoms in total. The maximum absolute atomic E-state index is 10.2. The van der Waals surface area contributed by atoms with Crippen LogP contribution in [-0.4, -0.2) is 11.9 Å². The van der Waals surface area contributed by atoms with Crippen LogP contribution in [0.3, 0.4) is 0 Å². The maximum Gasteiger partial charge on any atom is 2.00 e. The summed E-state index contributed by atoms with van der Waals surface area (Å²) in [4.78, 5) is 20.4. The molecule has 0 rings (SSSR count). The van der Waals surface area contributed by atoms with Crippen LogP contribution in [0.25, 0.3) is 0 Å². The first kappa shape index (κ1) is 41.4. The molecule has 5 heteroatoms. The Bertz CT molecular complexity index is 403. The first-order valence-corrected chi connectivity index (χ1v) is 15.9. The zero-order valence-electron chi connectivity index (χ0n) is 25.1. The van der Waals surface area contributed by atoms with E-state index in [4.69, 9.17) is 0 Å². The molecule has 0 spiro atoms. The third kappa shape index (κ3) is 46.1. The molecule has 0 saturated heterocycles. The predicted octanol–water partition coefficient (Wildman–Crippen LogP) is 8.43. The van der Waals surface area contributed by atoms with E-state index in [2.05, 4.69) is 13.8 Å². The summed E-state index contributed by atoms with van der Waals surface area (Å²) in [7, 11) is 0. The minimum atomic E-state index is -0.905. The van der Waals surface area contributed by atoms with Gasteiger partial charge in [-0.05, 0) is 25.7 Å². The van der Waals surface area contributed by atoms with Crippen molar-refractivity contribution in [3.05, 3.63) is 0 Å². The summed E-state index contributed by atoms with van der Waals surface area (Å²) in [5.74, 6) is -1.81. The van der Waals surface area contributed by atoms with E-state index in [0.29, 0.717) is 0 Å². The van der Waals surface area contributed by atoms with Gasteiger partial charge in [-0.3, -0.25) is 0 Å². The largest absolute Gasteiger partial charge is 2.00 e. The van der Waals surface area contributed by atoms with Gasteiger partial charge in [-0.15, -0.1) is 0 Å². The molecule has 37 heavy (non-hydrogen) atoms. The van der Waals surface area contributed by atoms with E-state index in [1.807, 2.05) is 0 Å². The number of aliphatic carboxylic acids is 2. The molecular weight excluding hydrogens is 649 g/mol. The molecule has 0 amide bonds. The molecule has 0 unspecified atom stereocenters. The second-order valence-corrected chi connectivity index (χ2v) is 10.7. The van der Waals surface area contributed by atoms with Gasteiger partial charge in [0.15, 0.2) is 0 Å². The summed E-state index contributed by atoms with van der Waals surface area (Å²) in [6, 6.07) is 0. The maximum atomic E-state index is 10.2. The number of hydrogen-bond acceptors (Lipinski definition) is 4. The molecule has 0 aromatic heterocycles. The molecule has 0 aliphatic carbocycles. The van der Waals surface area contributed by atoms with Crippen LogP contribution >= 0.6 is 0 Å². The van der Waals surface area contributed by atoms with Gasteiger partial charge in [0.1, 0.15) is 0 Å². The van der Waals surface area contributed by atoms with E-state index in [1.165, 1.54) is 141 Å². The predicted molar refractivity (Wildman–Crippen MR) is 151 cm³/mol. The minimum Gasteiger partial charge on any atom is -0.550 e. The Morgan fingerprint density at radius 3 is 0.676 bits per heavy atom. The number of hydrogen-bond donors (Lipinski definition) is 0. The van der Waals surface area contributed by atoms with Crippen molar-refractivity contribution in [3.8, 4) is 0 Å². The number of carboxylic acid groups (broad SMARTS) is 2. The summed E-state index contributed by atoms with van der Waals surface area (Å²) < 4.78 is 0. The number of carboxylic acids is 2. The van der Waals surface area contributed by atoms with E-state index >= 15 is 0 Å². The van der Waals surface area contributed by atoms with Gasteiger partial charge in [0.25, 0.3) is 0 Å². The Hall–Kier alpha value is -0.125. The molecule has 0 aliphatic rings. The SMILES string of the molecule is CCCCCCCCCCCCCCCC(=O)[O-].CCCCCCCCCCCCCCCC(=O)[O-].[Hg+2]. The molecular formula is C32H62HgO4. The first-order chi connectivity index (χ1) is 17.5. The van der Waals surface area contributed by atoms with E-state index in [1.54, 1.807) is 0 Å². The monoisotopic (exact) mass is 712 g/mol. The Balaban J connectivity index is -0.000000608. The van der Waals surface area contributed by atoms with Crippen LogP contribution in [-0.2, 0) is 37.3 Å². The van der Waals surface area contributed by atoms with Crippen molar-refractivity contribution < 1.29 is 47.5 Å². The minimum absolute atomic E-state index is 0. The third-order valence-corrected chi connectivity index (χ3v) is 6.97. The smallest absolute Gasteiger partial charge is 0.550 e. The second kappa shape index (κ2) is 38.0. The number of unbranched alkanes of at least 4 members (excludes halogenated alkanes) is 24. The quantitative estimate of drug-likeness (QED) is 0.0603. The molecule has 0 aromatic carbocycles. The van der Waals surface area contributed by atoms with Crippen molar-refractivity contribution in [3.63, 3.8) is 0 Å². The summed E-state index contributed by atoms with van der Waals surface area (Å²) in [6.45, 7) is 4.51. The third-order valence-electron chi connectivity index (χ3n) is 6.97. The standard InChI is InChI=1S/2C16H32O2.Hg/c2*1-2-3-4-5-6-7-8-9-10-11-12-13-14-15-16(17)18;/h2*2-15H2,1H3,(H,17,18);/q;;+2/p-2. The van der Waals surface area contributed by atoms with Gasteiger partial charge in [-0.1, -0.05) is 168 Å². The first-order valence-electron chi connectivity index (χ1n) is 15.9.